The van der Waals surface area contributed by atoms with Crippen LogP contribution in [0.2, 0.25) is 0 Å². The van der Waals surface area contributed by atoms with Gasteiger partial charge in [0.25, 0.3) is 0 Å². The first-order chi connectivity index (χ1) is 16.8. The van der Waals surface area contributed by atoms with Gasteiger partial charge in [-0.05, 0) is 38.5 Å². The molecule has 0 radical (unpaired) electrons. The number of rotatable bonds is 6. The Kier molecular flexibility index (Phi) is 11.1. The average Bonchev–Trinajstić information content (AvgIpc) is 3.16. The van der Waals surface area contributed by atoms with Crippen molar-refractivity contribution in [3.05, 3.63) is 0 Å². The molecule has 4 aliphatic rings. The maximum absolute atomic E-state index is 12.5. The van der Waals surface area contributed by atoms with Crippen LogP contribution in [0.4, 0.5) is 0 Å². The van der Waals surface area contributed by atoms with Crippen LogP contribution in [0.3, 0.4) is 0 Å². The third-order valence-corrected chi connectivity index (χ3v) is 9.26. The maximum Gasteiger partial charge on any atom is 0.327 e. The molecule has 2 N–H and O–H groups in total. The Labute approximate surface area is 214 Å². The summed E-state index contributed by atoms with van der Waals surface area (Å²) >= 11 is 1.02. The Balaban J connectivity index is 0.000000223. The minimum absolute atomic E-state index is 0.101. The van der Waals surface area contributed by atoms with Gasteiger partial charge in [-0.15, -0.1) is 0 Å². The van der Waals surface area contributed by atoms with Gasteiger partial charge in [0.2, 0.25) is 11.8 Å². The van der Waals surface area contributed by atoms with E-state index in [0.29, 0.717) is 12.8 Å². The minimum Gasteiger partial charge on any atom is -0.480 e. The molecule has 0 bridgehead atoms. The van der Waals surface area contributed by atoms with Gasteiger partial charge < -0.3 is 10.4 Å². The highest BCUT2D eigenvalue weighted by molar-refractivity contribution is 8.13. The van der Waals surface area contributed by atoms with Crippen LogP contribution in [-0.2, 0) is 19.2 Å². The van der Waals surface area contributed by atoms with Gasteiger partial charge in [0.1, 0.15) is 6.04 Å². The number of nitrogens with zero attached hydrogens (tertiary/aromatic N) is 1. The summed E-state index contributed by atoms with van der Waals surface area (Å²) in [4.78, 5) is 48.6. The summed E-state index contributed by atoms with van der Waals surface area (Å²) in [7, 11) is 0. The zero-order chi connectivity index (χ0) is 25.4. The molecule has 35 heavy (non-hydrogen) atoms. The van der Waals surface area contributed by atoms with Gasteiger partial charge in [0.15, 0.2) is 5.12 Å². The van der Waals surface area contributed by atoms with Crippen molar-refractivity contribution >= 4 is 34.7 Å². The van der Waals surface area contributed by atoms with Crippen molar-refractivity contribution in [3.8, 4) is 0 Å². The SMILES string of the molecule is C1CCC(NC2CCCCC2)CC1.CC(=O)SCC(C)C(=O)N1C(=O)C2CCCCC2C1C(=O)O. The van der Waals surface area contributed by atoms with Gasteiger partial charge in [-0.2, -0.15) is 0 Å². The lowest BCUT2D eigenvalue weighted by molar-refractivity contribution is -0.156. The molecule has 0 aromatic rings. The number of nitrogens with one attached hydrogen (secondary N) is 1. The molecule has 4 atom stereocenters. The van der Waals surface area contributed by atoms with Gasteiger partial charge in [-0.3, -0.25) is 19.3 Å². The number of fused-ring (bicyclic) bond motifs is 1. The summed E-state index contributed by atoms with van der Waals surface area (Å²) in [6.45, 7) is 3.05. The summed E-state index contributed by atoms with van der Waals surface area (Å²) < 4.78 is 0. The van der Waals surface area contributed by atoms with Crippen molar-refractivity contribution in [1.29, 1.82) is 0 Å². The Hall–Kier alpha value is -1.41. The number of carboxylic acid groups (broad SMARTS) is 1. The van der Waals surface area contributed by atoms with E-state index in [9.17, 15) is 24.3 Å². The summed E-state index contributed by atoms with van der Waals surface area (Å²) in [5, 5.41) is 13.2. The molecule has 8 heteroatoms. The van der Waals surface area contributed by atoms with Crippen LogP contribution in [0.1, 0.15) is 104 Å². The molecule has 1 aliphatic heterocycles. The highest BCUT2D eigenvalue weighted by Crippen LogP contribution is 2.42. The van der Waals surface area contributed by atoms with Crippen molar-refractivity contribution in [2.75, 3.05) is 5.75 Å². The number of hydrogen-bond acceptors (Lipinski definition) is 6. The molecule has 0 spiro atoms. The highest BCUT2D eigenvalue weighted by Gasteiger charge is 2.54. The largest absolute Gasteiger partial charge is 0.480 e. The Morgan fingerprint density at radius 3 is 1.94 bits per heavy atom. The molecule has 198 valence electrons. The summed E-state index contributed by atoms with van der Waals surface area (Å²) in [6.07, 6.45) is 17.7. The van der Waals surface area contributed by atoms with Crippen molar-refractivity contribution in [3.63, 3.8) is 0 Å². The van der Waals surface area contributed by atoms with E-state index in [-0.39, 0.29) is 28.6 Å². The molecule has 0 aromatic carbocycles. The lowest BCUT2D eigenvalue weighted by Gasteiger charge is -2.30. The summed E-state index contributed by atoms with van der Waals surface area (Å²) in [6, 6.07) is 0.698. The van der Waals surface area contributed by atoms with E-state index in [1.165, 1.54) is 71.1 Å². The first kappa shape index (κ1) is 28.2. The zero-order valence-corrected chi connectivity index (χ0v) is 22.3. The molecular formula is C27H44N2O5S. The fraction of sp³-hybridized carbons (Fsp3) is 0.852. The van der Waals surface area contributed by atoms with Gasteiger partial charge in [0.05, 0.1) is 0 Å². The van der Waals surface area contributed by atoms with E-state index in [1.54, 1.807) is 6.92 Å². The van der Waals surface area contributed by atoms with Gasteiger partial charge in [-0.25, -0.2) is 4.79 Å². The van der Waals surface area contributed by atoms with Crippen LogP contribution in [0.15, 0.2) is 0 Å². The van der Waals surface area contributed by atoms with Crippen molar-refractivity contribution in [1.82, 2.24) is 10.2 Å². The quantitative estimate of drug-likeness (QED) is 0.532. The molecule has 2 amide bonds. The van der Waals surface area contributed by atoms with E-state index >= 15 is 0 Å². The summed E-state index contributed by atoms with van der Waals surface area (Å²) in [5.41, 5.74) is 0. The number of carbonyl (C=O) groups is 4. The van der Waals surface area contributed by atoms with Gasteiger partial charge in [0, 0.05) is 42.5 Å². The number of likely N-dealkylation sites (tertiary alicyclic amines) is 1. The number of amides is 2. The summed E-state index contributed by atoms with van der Waals surface area (Å²) in [5.74, 6) is -2.83. The van der Waals surface area contributed by atoms with E-state index in [2.05, 4.69) is 5.32 Å². The van der Waals surface area contributed by atoms with E-state index in [4.69, 9.17) is 0 Å². The Morgan fingerprint density at radius 2 is 1.43 bits per heavy atom. The van der Waals surface area contributed by atoms with Crippen molar-refractivity contribution in [2.24, 2.45) is 17.8 Å². The van der Waals surface area contributed by atoms with Crippen LogP contribution >= 0.6 is 11.8 Å². The molecule has 3 saturated carbocycles. The molecule has 4 rings (SSSR count). The second-order valence-electron chi connectivity index (χ2n) is 10.9. The fourth-order valence-corrected chi connectivity index (χ4v) is 6.94. The lowest BCUT2D eigenvalue weighted by atomic mass is 9.78. The zero-order valence-electron chi connectivity index (χ0n) is 21.5. The smallest absolute Gasteiger partial charge is 0.327 e. The average molecular weight is 509 g/mol. The standard InChI is InChI=1S/C15H21NO5S.C12H23N/c1-8(7-22-9(2)17)13(18)16-12(15(20)21)10-5-3-4-6-11(10)14(16)19;1-3-7-11(8-4-1)13-12-9-5-2-6-10-12/h8,10-12H,3-7H2,1-2H3,(H,20,21);11-13H,1-10H2. The van der Waals surface area contributed by atoms with Crippen LogP contribution in [0.5, 0.6) is 0 Å². The number of carboxylic acids is 1. The second kappa shape index (κ2) is 13.8. The minimum atomic E-state index is -1.11. The third kappa shape index (κ3) is 7.78. The maximum atomic E-state index is 12.5. The molecule has 7 nitrogen and oxygen atoms in total. The fourth-order valence-electron chi connectivity index (χ4n) is 6.31. The second-order valence-corrected chi connectivity index (χ2v) is 12.1. The van der Waals surface area contributed by atoms with Crippen LogP contribution in [0.25, 0.3) is 0 Å². The monoisotopic (exact) mass is 508 g/mol. The molecule has 3 aliphatic carbocycles. The number of thioether (sulfide) groups is 1. The molecule has 4 unspecified atom stereocenters. The first-order valence-electron chi connectivity index (χ1n) is 13.8. The van der Waals surface area contributed by atoms with Gasteiger partial charge in [-0.1, -0.05) is 70.1 Å². The molecule has 1 saturated heterocycles. The lowest BCUT2D eigenvalue weighted by Crippen LogP contribution is -2.47. The number of carbonyl (C=O) groups excluding carboxylic acids is 3. The number of hydrogen-bond donors (Lipinski definition) is 2. The molecule has 1 heterocycles. The molecule has 4 fully saturated rings. The topological polar surface area (TPSA) is 104 Å². The first-order valence-corrected chi connectivity index (χ1v) is 14.8. The number of aliphatic carboxylic acids is 1. The van der Waals surface area contributed by atoms with E-state index in [0.717, 1.165) is 41.6 Å². The highest BCUT2D eigenvalue weighted by atomic mass is 32.2. The Bertz CT molecular complexity index is 732. The van der Waals surface area contributed by atoms with Crippen LogP contribution in [-0.4, -0.2) is 56.8 Å². The van der Waals surface area contributed by atoms with Crippen molar-refractivity contribution in [2.45, 2.75) is 122 Å². The molecule has 0 aromatic heterocycles. The normalized spacial score (nSPS) is 28.6. The van der Waals surface area contributed by atoms with Crippen LogP contribution in [0, 0.1) is 17.8 Å². The van der Waals surface area contributed by atoms with Gasteiger partial charge >= 0.3 is 5.97 Å². The van der Waals surface area contributed by atoms with E-state index < -0.39 is 23.8 Å². The Morgan fingerprint density at radius 1 is 0.914 bits per heavy atom. The van der Waals surface area contributed by atoms with Crippen molar-refractivity contribution < 1.29 is 24.3 Å². The number of imide groups is 1. The predicted molar refractivity (Wildman–Crippen MR) is 138 cm³/mol. The predicted octanol–water partition coefficient (Wildman–Crippen LogP) is 4.77. The van der Waals surface area contributed by atoms with Crippen LogP contribution < -0.4 is 5.32 Å². The van der Waals surface area contributed by atoms with E-state index in [1.807, 2.05) is 0 Å². The third-order valence-electron chi connectivity index (χ3n) is 8.19. The molecular weight excluding hydrogens is 464 g/mol.